The van der Waals surface area contributed by atoms with E-state index in [0.29, 0.717) is 10.7 Å². The normalized spacial score (nSPS) is 19.1. The van der Waals surface area contributed by atoms with Crippen LogP contribution in [0.1, 0.15) is 11.6 Å². The highest BCUT2D eigenvalue weighted by atomic mass is 35.5. The van der Waals surface area contributed by atoms with Crippen molar-refractivity contribution in [1.82, 2.24) is 5.32 Å². The lowest BCUT2D eigenvalue weighted by molar-refractivity contribution is 0.466. The standard InChI is InChI=1S/C16H16ClFN2/c17-13-6-7-14(18)16(10-13)20-9-8-19-15(11-20)12-4-2-1-3-5-12/h1-7,10,15,19H,8-9,11H2. The molecule has 0 amide bonds. The highest BCUT2D eigenvalue weighted by Gasteiger charge is 2.22. The quantitative estimate of drug-likeness (QED) is 0.908. The summed E-state index contributed by atoms with van der Waals surface area (Å²) in [5.41, 5.74) is 1.81. The van der Waals surface area contributed by atoms with E-state index in [1.807, 2.05) is 18.2 Å². The van der Waals surface area contributed by atoms with Gasteiger partial charge in [-0.2, -0.15) is 0 Å². The molecule has 1 heterocycles. The first-order chi connectivity index (χ1) is 9.74. The van der Waals surface area contributed by atoms with E-state index in [1.54, 1.807) is 12.1 Å². The molecule has 1 aliphatic rings. The van der Waals surface area contributed by atoms with Gasteiger partial charge in [0, 0.05) is 30.7 Å². The fourth-order valence-corrected chi connectivity index (χ4v) is 2.77. The van der Waals surface area contributed by atoms with E-state index in [-0.39, 0.29) is 11.9 Å². The molecule has 20 heavy (non-hydrogen) atoms. The topological polar surface area (TPSA) is 15.3 Å². The third kappa shape index (κ3) is 2.79. The van der Waals surface area contributed by atoms with Crippen LogP contribution in [0.25, 0.3) is 0 Å². The molecule has 1 unspecified atom stereocenters. The molecule has 0 aliphatic carbocycles. The molecule has 104 valence electrons. The Morgan fingerprint density at radius 1 is 1.15 bits per heavy atom. The summed E-state index contributed by atoms with van der Waals surface area (Å²) in [5, 5.41) is 4.04. The first-order valence-corrected chi connectivity index (χ1v) is 7.10. The van der Waals surface area contributed by atoms with Gasteiger partial charge in [-0.15, -0.1) is 0 Å². The largest absolute Gasteiger partial charge is 0.366 e. The highest BCUT2D eigenvalue weighted by molar-refractivity contribution is 6.30. The number of piperazine rings is 1. The molecular weight excluding hydrogens is 275 g/mol. The molecule has 0 spiro atoms. The van der Waals surface area contributed by atoms with Gasteiger partial charge in [-0.3, -0.25) is 0 Å². The molecule has 1 atom stereocenters. The summed E-state index contributed by atoms with van der Waals surface area (Å²) < 4.78 is 14.0. The van der Waals surface area contributed by atoms with Crippen molar-refractivity contribution in [1.29, 1.82) is 0 Å². The Morgan fingerprint density at radius 2 is 1.95 bits per heavy atom. The van der Waals surface area contributed by atoms with E-state index in [0.717, 1.165) is 19.6 Å². The molecule has 2 nitrogen and oxygen atoms in total. The molecule has 0 aromatic heterocycles. The van der Waals surface area contributed by atoms with Crippen LogP contribution in [0.15, 0.2) is 48.5 Å². The molecule has 1 N–H and O–H groups in total. The average molecular weight is 291 g/mol. The summed E-state index contributed by atoms with van der Waals surface area (Å²) in [6.45, 7) is 2.34. The zero-order chi connectivity index (χ0) is 13.9. The summed E-state index contributed by atoms with van der Waals surface area (Å²) >= 11 is 5.98. The molecular formula is C16H16ClFN2. The van der Waals surface area contributed by atoms with Gasteiger partial charge in [0.2, 0.25) is 0 Å². The van der Waals surface area contributed by atoms with Gasteiger partial charge >= 0.3 is 0 Å². The van der Waals surface area contributed by atoms with Crippen molar-refractivity contribution >= 4 is 17.3 Å². The highest BCUT2D eigenvalue weighted by Crippen LogP contribution is 2.27. The summed E-state index contributed by atoms with van der Waals surface area (Å²) in [6.07, 6.45) is 0. The number of hydrogen-bond acceptors (Lipinski definition) is 2. The first-order valence-electron chi connectivity index (χ1n) is 6.72. The first kappa shape index (κ1) is 13.4. The molecule has 3 rings (SSSR count). The fraction of sp³-hybridized carbons (Fsp3) is 0.250. The van der Waals surface area contributed by atoms with Crippen molar-refractivity contribution in [3.63, 3.8) is 0 Å². The number of anilines is 1. The molecule has 0 bridgehead atoms. The number of halogens is 2. The van der Waals surface area contributed by atoms with Crippen LogP contribution in [-0.2, 0) is 0 Å². The second kappa shape index (κ2) is 5.81. The van der Waals surface area contributed by atoms with E-state index >= 15 is 0 Å². The number of hydrogen-bond donors (Lipinski definition) is 1. The number of nitrogens with zero attached hydrogens (tertiary/aromatic N) is 1. The third-order valence-corrected chi connectivity index (χ3v) is 3.86. The molecule has 2 aromatic carbocycles. The van der Waals surface area contributed by atoms with Crippen LogP contribution in [0, 0.1) is 5.82 Å². The van der Waals surface area contributed by atoms with Gasteiger partial charge in [0.15, 0.2) is 0 Å². The number of rotatable bonds is 2. The van der Waals surface area contributed by atoms with E-state index < -0.39 is 0 Å². The van der Waals surface area contributed by atoms with Crippen LogP contribution in [0.3, 0.4) is 0 Å². The Bertz CT molecular complexity index is 588. The second-order valence-corrected chi connectivity index (χ2v) is 5.40. The van der Waals surface area contributed by atoms with Gasteiger partial charge in [0.25, 0.3) is 0 Å². The lowest BCUT2D eigenvalue weighted by Gasteiger charge is -2.35. The van der Waals surface area contributed by atoms with E-state index in [1.165, 1.54) is 11.6 Å². The average Bonchev–Trinajstić information content (AvgIpc) is 2.51. The SMILES string of the molecule is Fc1ccc(Cl)cc1N1CCNC(c2ccccc2)C1. The van der Waals surface area contributed by atoms with Crippen molar-refractivity contribution in [3.8, 4) is 0 Å². The zero-order valence-corrected chi connectivity index (χ0v) is 11.8. The predicted molar refractivity (Wildman–Crippen MR) is 80.8 cm³/mol. The summed E-state index contributed by atoms with van der Waals surface area (Å²) in [7, 11) is 0. The van der Waals surface area contributed by atoms with Crippen LogP contribution in [-0.4, -0.2) is 19.6 Å². The Hall–Kier alpha value is -1.58. The van der Waals surface area contributed by atoms with Gasteiger partial charge in [-0.25, -0.2) is 4.39 Å². The van der Waals surface area contributed by atoms with Gasteiger partial charge in [0.1, 0.15) is 5.82 Å². The fourth-order valence-electron chi connectivity index (χ4n) is 2.61. The minimum Gasteiger partial charge on any atom is -0.366 e. The molecule has 1 fully saturated rings. The van der Waals surface area contributed by atoms with E-state index in [9.17, 15) is 4.39 Å². The maximum absolute atomic E-state index is 14.0. The molecule has 0 saturated carbocycles. The second-order valence-electron chi connectivity index (χ2n) is 4.96. The maximum atomic E-state index is 14.0. The number of benzene rings is 2. The minimum absolute atomic E-state index is 0.211. The minimum atomic E-state index is -0.219. The van der Waals surface area contributed by atoms with Crippen LogP contribution < -0.4 is 10.2 Å². The summed E-state index contributed by atoms with van der Waals surface area (Å²) in [5.74, 6) is -0.219. The van der Waals surface area contributed by atoms with Gasteiger partial charge in [0.05, 0.1) is 5.69 Å². The lowest BCUT2D eigenvalue weighted by atomic mass is 10.0. The molecule has 1 saturated heterocycles. The Morgan fingerprint density at radius 3 is 2.75 bits per heavy atom. The van der Waals surface area contributed by atoms with Gasteiger partial charge in [-0.05, 0) is 23.8 Å². The van der Waals surface area contributed by atoms with Crippen LogP contribution in [0.2, 0.25) is 5.02 Å². The van der Waals surface area contributed by atoms with Crippen molar-refractivity contribution in [2.75, 3.05) is 24.5 Å². The smallest absolute Gasteiger partial charge is 0.146 e. The summed E-state index contributed by atoms with van der Waals surface area (Å²) in [6, 6.07) is 15.2. The van der Waals surface area contributed by atoms with Crippen LogP contribution in [0.4, 0.5) is 10.1 Å². The Kier molecular flexibility index (Phi) is 3.90. The van der Waals surface area contributed by atoms with Gasteiger partial charge < -0.3 is 10.2 Å². The Balaban J connectivity index is 1.83. The van der Waals surface area contributed by atoms with E-state index in [2.05, 4.69) is 22.3 Å². The summed E-state index contributed by atoms with van der Waals surface area (Å²) in [4.78, 5) is 2.05. The Labute approximate surface area is 123 Å². The molecule has 1 aliphatic heterocycles. The van der Waals surface area contributed by atoms with E-state index in [4.69, 9.17) is 11.6 Å². The molecule has 4 heteroatoms. The van der Waals surface area contributed by atoms with Crippen molar-refractivity contribution in [2.24, 2.45) is 0 Å². The monoisotopic (exact) mass is 290 g/mol. The predicted octanol–water partition coefficient (Wildman–Crippen LogP) is 3.63. The molecule has 0 radical (unpaired) electrons. The number of nitrogens with one attached hydrogen (secondary N) is 1. The van der Waals surface area contributed by atoms with Crippen molar-refractivity contribution < 1.29 is 4.39 Å². The molecule has 2 aromatic rings. The van der Waals surface area contributed by atoms with Crippen LogP contribution in [0.5, 0.6) is 0 Å². The zero-order valence-electron chi connectivity index (χ0n) is 11.0. The maximum Gasteiger partial charge on any atom is 0.146 e. The van der Waals surface area contributed by atoms with Crippen molar-refractivity contribution in [3.05, 3.63) is 64.9 Å². The van der Waals surface area contributed by atoms with Crippen molar-refractivity contribution in [2.45, 2.75) is 6.04 Å². The van der Waals surface area contributed by atoms with Crippen LogP contribution >= 0.6 is 11.6 Å². The third-order valence-electron chi connectivity index (χ3n) is 3.63. The van der Waals surface area contributed by atoms with Gasteiger partial charge in [-0.1, -0.05) is 41.9 Å². The lowest BCUT2D eigenvalue weighted by Crippen LogP contribution is -2.46.